The molecule has 4 rings (SSSR count). The summed E-state index contributed by atoms with van der Waals surface area (Å²) in [6.45, 7) is 0.308. The van der Waals surface area contributed by atoms with Crippen LogP contribution in [-0.2, 0) is 0 Å². The lowest BCUT2D eigenvalue weighted by molar-refractivity contribution is 0.114. The van der Waals surface area contributed by atoms with E-state index in [1.54, 1.807) is 6.07 Å². The Kier molecular flexibility index (Phi) is 4.28. The Morgan fingerprint density at radius 3 is 2.84 bits per heavy atom. The van der Waals surface area contributed by atoms with Crippen LogP contribution in [0.15, 0.2) is 42.5 Å². The monoisotopic (exact) mass is 339 g/mol. The topological polar surface area (TPSA) is 83.5 Å². The summed E-state index contributed by atoms with van der Waals surface area (Å²) in [6.07, 6.45) is 2.33. The van der Waals surface area contributed by atoms with E-state index in [-0.39, 0.29) is 24.6 Å². The molecule has 1 saturated carbocycles. The highest BCUT2D eigenvalue weighted by Gasteiger charge is 2.31. The molecule has 2 atom stereocenters. The number of aromatic nitrogens is 1. The number of urea groups is 1. The number of aliphatic hydroxyl groups is 1. The molecule has 6 heteroatoms. The number of anilines is 1. The van der Waals surface area contributed by atoms with Gasteiger partial charge in [0.05, 0.1) is 19.3 Å². The first-order valence-corrected chi connectivity index (χ1v) is 8.61. The van der Waals surface area contributed by atoms with Gasteiger partial charge in [-0.15, -0.1) is 0 Å². The summed E-state index contributed by atoms with van der Waals surface area (Å²) >= 11 is 0. The zero-order valence-corrected chi connectivity index (χ0v) is 13.8. The van der Waals surface area contributed by atoms with Gasteiger partial charge in [0.25, 0.3) is 0 Å². The van der Waals surface area contributed by atoms with Gasteiger partial charge in [0, 0.05) is 23.1 Å². The number of hydrogen-bond donors (Lipinski definition) is 3. The smallest absolute Gasteiger partial charge is 0.320 e. The van der Waals surface area contributed by atoms with Crippen LogP contribution >= 0.6 is 0 Å². The van der Waals surface area contributed by atoms with E-state index in [2.05, 4.69) is 15.6 Å². The van der Waals surface area contributed by atoms with Gasteiger partial charge in [-0.05, 0) is 31.0 Å². The molecule has 0 bridgehead atoms. The minimum absolute atomic E-state index is 0.0608. The number of nitrogens with zero attached hydrogens (tertiary/aromatic N) is 1. The van der Waals surface area contributed by atoms with Crippen molar-refractivity contribution in [2.24, 2.45) is 5.92 Å². The number of carbonyl (C=O) groups is 1. The number of carbonyl (C=O) groups excluding carboxylic acids is 1. The molecular weight excluding hydrogens is 318 g/mol. The summed E-state index contributed by atoms with van der Waals surface area (Å²) in [7, 11) is 0. The van der Waals surface area contributed by atoms with E-state index >= 15 is 0 Å². The van der Waals surface area contributed by atoms with E-state index < -0.39 is 0 Å². The van der Waals surface area contributed by atoms with Crippen molar-refractivity contribution in [2.75, 3.05) is 18.5 Å². The first-order chi connectivity index (χ1) is 12.2. The Balaban J connectivity index is 1.48. The van der Waals surface area contributed by atoms with E-state index in [0.717, 1.165) is 17.0 Å². The first-order valence-electron chi connectivity index (χ1n) is 8.61. The molecule has 0 radical (unpaired) electrons. The molecule has 2 heterocycles. The second kappa shape index (κ2) is 6.72. The number of amides is 2. The van der Waals surface area contributed by atoms with Crippen LogP contribution in [0, 0.1) is 5.92 Å². The summed E-state index contributed by atoms with van der Waals surface area (Å²) in [4.78, 5) is 17.0. The lowest BCUT2D eigenvalue weighted by atomic mass is 9.91. The van der Waals surface area contributed by atoms with Gasteiger partial charge < -0.3 is 15.2 Å². The van der Waals surface area contributed by atoms with Crippen molar-refractivity contribution in [1.29, 1.82) is 0 Å². The molecule has 0 unspecified atom stereocenters. The van der Waals surface area contributed by atoms with Crippen molar-refractivity contribution in [1.82, 2.24) is 10.3 Å². The second-order valence-electron chi connectivity index (χ2n) is 6.59. The third-order valence-electron chi connectivity index (χ3n) is 4.71. The van der Waals surface area contributed by atoms with Crippen LogP contribution in [0.1, 0.15) is 36.1 Å². The van der Waals surface area contributed by atoms with Gasteiger partial charge in [0.15, 0.2) is 0 Å². The SMILES string of the molecule is O=C(Nc1cccc(C2CC2)n1)N[C@H]1c2ccccc2OC[C@H]1CO. The Morgan fingerprint density at radius 1 is 1.20 bits per heavy atom. The molecule has 25 heavy (non-hydrogen) atoms. The highest BCUT2D eigenvalue weighted by molar-refractivity contribution is 5.88. The fraction of sp³-hybridized carbons (Fsp3) is 0.368. The Labute approximate surface area is 146 Å². The van der Waals surface area contributed by atoms with Crippen molar-refractivity contribution in [3.8, 4) is 5.75 Å². The molecule has 1 fully saturated rings. The van der Waals surface area contributed by atoms with Crippen LogP contribution in [0.5, 0.6) is 5.75 Å². The molecule has 2 amide bonds. The number of para-hydroxylation sites is 1. The third kappa shape index (κ3) is 3.44. The molecule has 130 valence electrons. The summed E-state index contributed by atoms with van der Waals surface area (Å²) in [5, 5.41) is 15.4. The predicted octanol–water partition coefficient (Wildman–Crippen LogP) is 2.82. The number of fused-ring (bicyclic) bond motifs is 1. The van der Waals surface area contributed by atoms with Crippen molar-refractivity contribution < 1.29 is 14.6 Å². The highest BCUT2D eigenvalue weighted by atomic mass is 16.5. The minimum atomic E-state index is -0.333. The van der Waals surface area contributed by atoms with Gasteiger partial charge in [-0.3, -0.25) is 5.32 Å². The molecule has 3 N–H and O–H groups in total. The maximum absolute atomic E-state index is 12.5. The number of hydrogen-bond acceptors (Lipinski definition) is 4. The standard InChI is InChI=1S/C19H21N3O3/c23-10-13-11-25-16-6-2-1-4-14(16)18(13)22-19(24)21-17-7-3-5-15(20-17)12-8-9-12/h1-7,12-13,18,23H,8-11H2,(H2,20,21,22,24)/t13-,18-/m1/s1. The molecule has 1 aromatic heterocycles. The Bertz CT molecular complexity index is 776. The van der Waals surface area contributed by atoms with E-state index in [4.69, 9.17) is 4.74 Å². The van der Waals surface area contributed by atoms with Crippen molar-refractivity contribution in [2.45, 2.75) is 24.8 Å². The zero-order chi connectivity index (χ0) is 17.2. The molecular formula is C19H21N3O3. The van der Waals surface area contributed by atoms with Crippen LogP contribution in [0.3, 0.4) is 0 Å². The number of benzene rings is 1. The van der Waals surface area contributed by atoms with E-state index in [1.807, 2.05) is 36.4 Å². The quantitative estimate of drug-likeness (QED) is 0.800. The summed E-state index contributed by atoms with van der Waals surface area (Å²) < 4.78 is 5.66. The summed E-state index contributed by atoms with van der Waals surface area (Å²) in [6, 6.07) is 12.6. The maximum atomic E-state index is 12.5. The molecule has 0 spiro atoms. The summed E-state index contributed by atoms with van der Waals surface area (Å²) in [5.74, 6) is 1.63. The average Bonchev–Trinajstić information content (AvgIpc) is 3.47. The van der Waals surface area contributed by atoms with E-state index in [1.165, 1.54) is 12.8 Å². The van der Waals surface area contributed by atoms with Gasteiger partial charge in [-0.1, -0.05) is 24.3 Å². The minimum Gasteiger partial charge on any atom is -0.493 e. The molecule has 2 aromatic rings. The zero-order valence-electron chi connectivity index (χ0n) is 13.8. The van der Waals surface area contributed by atoms with E-state index in [9.17, 15) is 9.90 Å². The van der Waals surface area contributed by atoms with Crippen LogP contribution < -0.4 is 15.4 Å². The highest BCUT2D eigenvalue weighted by Crippen LogP contribution is 2.39. The van der Waals surface area contributed by atoms with E-state index in [0.29, 0.717) is 18.3 Å². The predicted molar refractivity (Wildman–Crippen MR) is 93.6 cm³/mol. The van der Waals surface area contributed by atoms with Crippen LogP contribution in [-0.4, -0.2) is 29.3 Å². The van der Waals surface area contributed by atoms with Crippen molar-refractivity contribution >= 4 is 11.8 Å². The number of rotatable bonds is 4. The first kappa shape index (κ1) is 15.9. The van der Waals surface area contributed by atoms with Crippen molar-refractivity contribution in [3.05, 3.63) is 53.7 Å². The van der Waals surface area contributed by atoms with Gasteiger partial charge in [-0.2, -0.15) is 0 Å². The Morgan fingerprint density at radius 2 is 2.04 bits per heavy atom. The summed E-state index contributed by atoms with van der Waals surface area (Å²) in [5.41, 5.74) is 1.91. The largest absolute Gasteiger partial charge is 0.493 e. The van der Waals surface area contributed by atoms with Gasteiger partial charge in [0.1, 0.15) is 11.6 Å². The number of nitrogens with one attached hydrogen (secondary N) is 2. The maximum Gasteiger partial charge on any atom is 0.320 e. The second-order valence-corrected chi connectivity index (χ2v) is 6.59. The van der Waals surface area contributed by atoms with Crippen LogP contribution in [0.25, 0.3) is 0 Å². The number of pyridine rings is 1. The number of ether oxygens (including phenoxy) is 1. The molecule has 1 aromatic carbocycles. The fourth-order valence-electron chi connectivity index (χ4n) is 3.19. The third-order valence-corrected chi connectivity index (χ3v) is 4.71. The van der Waals surface area contributed by atoms with Crippen molar-refractivity contribution in [3.63, 3.8) is 0 Å². The molecule has 2 aliphatic rings. The van der Waals surface area contributed by atoms with Gasteiger partial charge >= 0.3 is 6.03 Å². The van der Waals surface area contributed by atoms with Crippen LogP contribution in [0.4, 0.5) is 10.6 Å². The Hall–Kier alpha value is -2.60. The van der Waals surface area contributed by atoms with Gasteiger partial charge in [0.2, 0.25) is 0 Å². The van der Waals surface area contributed by atoms with Gasteiger partial charge in [-0.25, -0.2) is 9.78 Å². The van der Waals surface area contributed by atoms with Crippen LogP contribution in [0.2, 0.25) is 0 Å². The lowest BCUT2D eigenvalue weighted by Crippen LogP contribution is -2.42. The molecule has 6 nitrogen and oxygen atoms in total. The molecule has 0 saturated heterocycles. The molecule has 1 aliphatic carbocycles. The molecule has 1 aliphatic heterocycles. The number of aliphatic hydroxyl groups excluding tert-OH is 1. The normalized spacial score (nSPS) is 21.8. The fourth-order valence-corrected chi connectivity index (χ4v) is 3.19. The lowest BCUT2D eigenvalue weighted by Gasteiger charge is -2.33. The average molecular weight is 339 g/mol.